The van der Waals surface area contributed by atoms with E-state index in [1.54, 1.807) is 36.4 Å². The minimum absolute atomic E-state index is 0.357. The Kier molecular flexibility index (Phi) is 7.71. The Hall–Kier alpha value is -3.02. The molecule has 0 unspecified atom stereocenters. The average molecular weight is 443 g/mol. The first-order valence-electron chi connectivity index (χ1n) is 9.29. The molecule has 0 atom stereocenters. The number of nitrogens with zero attached hydrogens (tertiary/aromatic N) is 1. The Labute approximate surface area is 185 Å². The van der Waals surface area contributed by atoms with Crippen molar-refractivity contribution in [3.8, 4) is 11.5 Å². The Morgan fingerprint density at radius 3 is 2.60 bits per heavy atom. The molecule has 154 valence electrons. The molecule has 0 spiro atoms. The number of benzene rings is 3. The van der Waals surface area contributed by atoms with Gasteiger partial charge in [0.1, 0.15) is 6.61 Å². The van der Waals surface area contributed by atoms with Gasteiger partial charge in [0.15, 0.2) is 11.5 Å². The molecule has 3 aromatic carbocycles. The number of hydrazone groups is 1. The molecule has 30 heavy (non-hydrogen) atoms. The summed E-state index contributed by atoms with van der Waals surface area (Å²) in [6, 6.07) is 19.7. The molecule has 7 heteroatoms. The van der Waals surface area contributed by atoms with Crippen molar-refractivity contribution in [2.45, 2.75) is 13.5 Å². The van der Waals surface area contributed by atoms with Crippen LogP contribution in [0.15, 0.2) is 71.8 Å². The highest BCUT2D eigenvalue weighted by atomic mass is 35.5. The zero-order chi connectivity index (χ0) is 21.3. The van der Waals surface area contributed by atoms with Crippen LogP contribution in [0.4, 0.5) is 0 Å². The monoisotopic (exact) mass is 442 g/mol. The highest BCUT2D eigenvalue weighted by Crippen LogP contribution is 2.29. The second kappa shape index (κ2) is 10.7. The molecule has 0 radical (unpaired) electrons. The quantitative estimate of drug-likeness (QED) is 0.357. The van der Waals surface area contributed by atoms with Gasteiger partial charge in [-0.3, -0.25) is 4.79 Å². The van der Waals surface area contributed by atoms with Crippen molar-refractivity contribution < 1.29 is 14.3 Å². The number of hydrogen-bond acceptors (Lipinski definition) is 4. The second-order valence-electron chi connectivity index (χ2n) is 6.24. The van der Waals surface area contributed by atoms with Gasteiger partial charge >= 0.3 is 0 Å². The normalized spacial score (nSPS) is 10.8. The van der Waals surface area contributed by atoms with Crippen molar-refractivity contribution in [3.05, 3.63) is 93.5 Å². The lowest BCUT2D eigenvalue weighted by molar-refractivity contribution is 0.0955. The molecular weight excluding hydrogens is 423 g/mol. The summed E-state index contributed by atoms with van der Waals surface area (Å²) in [5.41, 5.74) is 4.53. The number of nitrogens with one attached hydrogen (secondary N) is 1. The average Bonchev–Trinajstić information content (AvgIpc) is 2.74. The molecule has 0 bridgehead atoms. The Morgan fingerprint density at radius 1 is 1.00 bits per heavy atom. The van der Waals surface area contributed by atoms with Crippen molar-refractivity contribution >= 4 is 35.3 Å². The smallest absolute Gasteiger partial charge is 0.272 e. The van der Waals surface area contributed by atoms with Crippen LogP contribution in [0.1, 0.15) is 28.4 Å². The molecule has 5 nitrogen and oxygen atoms in total. The largest absolute Gasteiger partial charge is 0.490 e. The number of carbonyl (C=O) groups is 1. The molecule has 3 rings (SSSR count). The van der Waals surface area contributed by atoms with Gasteiger partial charge in [0, 0.05) is 5.02 Å². The Balaban J connectivity index is 1.67. The first-order chi connectivity index (χ1) is 14.6. The molecule has 1 amide bonds. The molecule has 3 aromatic rings. The van der Waals surface area contributed by atoms with Crippen LogP contribution in [0.5, 0.6) is 11.5 Å². The van der Waals surface area contributed by atoms with Crippen LogP contribution in [0.2, 0.25) is 10.0 Å². The highest BCUT2D eigenvalue weighted by Gasteiger charge is 2.09. The summed E-state index contributed by atoms with van der Waals surface area (Å²) in [6.07, 6.45) is 1.53. The third-order valence-electron chi connectivity index (χ3n) is 4.05. The van der Waals surface area contributed by atoms with Crippen LogP contribution in [0.3, 0.4) is 0 Å². The summed E-state index contributed by atoms with van der Waals surface area (Å²) in [4.78, 5) is 12.2. The molecule has 0 aliphatic rings. The standard InChI is InChI=1S/C23H20Cl2N2O3/c1-2-29-22-13-16(14-26-27-23(28)19-8-3-4-9-20(19)25)10-11-21(22)30-15-17-6-5-7-18(24)12-17/h3-14H,2,15H2,1H3,(H,27,28)/b26-14-. The van der Waals surface area contributed by atoms with E-state index in [2.05, 4.69) is 10.5 Å². The zero-order valence-corrected chi connectivity index (χ0v) is 17.8. The van der Waals surface area contributed by atoms with E-state index in [0.717, 1.165) is 11.1 Å². The number of carbonyl (C=O) groups excluding carboxylic acids is 1. The van der Waals surface area contributed by atoms with E-state index >= 15 is 0 Å². The van der Waals surface area contributed by atoms with Gasteiger partial charge in [-0.1, -0.05) is 47.5 Å². The van der Waals surface area contributed by atoms with Crippen molar-refractivity contribution in [2.24, 2.45) is 5.10 Å². The predicted molar refractivity (Wildman–Crippen MR) is 120 cm³/mol. The van der Waals surface area contributed by atoms with Gasteiger partial charge in [0.25, 0.3) is 5.91 Å². The summed E-state index contributed by atoms with van der Waals surface area (Å²) >= 11 is 12.0. The summed E-state index contributed by atoms with van der Waals surface area (Å²) in [5.74, 6) is 0.804. The van der Waals surface area contributed by atoms with E-state index < -0.39 is 0 Å². The van der Waals surface area contributed by atoms with Crippen LogP contribution in [0.25, 0.3) is 0 Å². The van der Waals surface area contributed by atoms with Crippen molar-refractivity contribution in [1.29, 1.82) is 0 Å². The molecule has 0 aliphatic carbocycles. The van der Waals surface area contributed by atoms with Crippen LogP contribution in [-0.2, 0) is 6.61 Å². The Bertz CT molecular complexity index is 1050. The lowest BCUT2D eigenvalue weighted by Gasteiger charge is -2.12. The number of hydrogen-bond donors (Lipinski definition) is 1. The maximum Gasteiger partial charge on any atom is 0.272 e. The summed E-state index contributed by atoms with van der Waals surface area (Å²) in [5, 5.41) is 5.02. The molecule has 0 aliphatic heterocycles. The van der Waals surface area contributed by atoms with Gasteiger partial charge in [-0.25, -0.2) is 5.43 Å². The van der Waals surface area contributed by atoms with Crippen LogP contribution < -0.4 is 14.9 Å². The highest BCUT2D eigenvalue weighted by molar-refractivity contribution is 6.33. The predicted octanol–water partition coefficient (Wildman–Crippen LogP) is 5.74. The fourth-order valence-corrected chi connectivity index (χ4v) is 3.09. The molecule has 0 fully saturated rings. The fourth-order valence-electron chi connectivity index (χ4n) is 2.65. The summed E-state index contributed by atoms with van der Waals surface area (Å²) in [6.45, 7) is 2.74. The molecule has 0 saturated heterocycles. The third kappa shape index (κ3) is 5.99. The maximum absolute atomic E-state index is 12.2. The van der Waals surface area contributed by atoms with Gasteiger partial charge < -0.3 is 9.47 Å². The third-order valence-corrected chi connectivity index (χ3v) is 4.61. The molecule has 0 aromatic heterocycles. The molecule has 0 heterocycles. The van der Waals surface area contributed by atoms with Crippen LogP contribution in [0, 0.1) is 0 Å². The molecule has 1 N–H and O–H groups in total. The molecule has 0 saturated carbocycles. The van der Waals surface area contributed by atoms with Gasteiger partial charge in [-0.05, 0) is 60.5 Å². The van der Waals surface area contributed by atoms with E-state index in [4.69, 9.17) is 32.7 Å². The minimum Gasteiger partial charge on any atom is -0.490 e. The maximum atomic E-state index is 12.2. The Morgan fingerprint density at radius 2 is 1.83 bits per heavy atom. The second-order valence-corrected chi connectivity index (χ2v) is 7.08. The van der Waals surface area contributed by atoms with E-state index in [1.165, 1.54) is 6.21 Å². The van der Waals surface area contributed by atoms with Crippen molar-refractivity contribution in [1.82, 2.24) is 5.43 Å². The SMILES string of the molecule is CCOc1cc(/C=N\NC(=O)c2ccccc2Cl)ccc1OCc1cccc(Cl)c1. The number of ether oxygens (including phenoxy) is 2. The number of halogens is 2. The lowest BCUT2D eigenvalue weighted by atomic mass is 10.2. The first-order valence-corrected chi connectivity index (χ1v) is 10.0. The van der Waals surface area contributed by atoms with E-state index in [0.29, 0.717) is 40.3 Å². The van der Waals surface area contributed by atoms with Gasteiger partial charge in [-0.2, -0.15) is 5.10 Å². The topological polar surface area (TPSA) is 59.9 Å². The van der Waals surface area contributed by atoms with Gasteiger partial charge in [0.2, 0.25) is 0 Å². The van der Waals surface area contributed by atoms with Gasteiger partial charge in [-0.15, -0.1) is 0 Å². The summed E-state index contributed by atoms with van der Waals surface area (Å²) < 4.78 is 11.6. The van der Waals surface area contributed by atoms with E-state index in [9.17, 15) is 4.79 Å². The summed E-state index contributed by atoms with van der Waals surface area (Å²) in [7, 11) is 0. The van der Waals surface area contributed by atoms with Crippen molar-refractivity contribution in [2.75, 3.05) is 6.61 Å². The van der Waals surface area contributed by atoms with Gasteiger partial charge in [0.05, 0.1) is 23.4 Å². The number of rotatable bonds is 8. The minimum atomic E-state index is -0.386. The fraction of sp³-hybridized carbons (Fsp3) is 0.130. The van der Waals surface area contributed by atoms with Crippen molar-refractivity contribution in [3.63, 3.8) is 0 Å². The zero-order valence-electron chi connectivity index (χ0n) is 16.3. The van der Waals surface area contributed by atoms with E-state index in [-0.39, 0.29) is 5.91 Å². The van der Waals surface area contributed by atoms with E-state index in [1.807, 2.05) is 37.3 Å². The molecular formula is C23H20Cl2N2O3. The van der Waals surface area contributed by atoms with Crippen LogP contribution >= 0.6 is 23.2 Å². The lowest BCUT2D eigenvalue weighted by Crippen LogP contribution is -2.17. The first kappa shape index (κ1) is 21.7. The van der Waals surface area contributed by atoms with Crippen LogP contribution in [-0.4, -0.2) is 18.7 Å². The number of amides is 1.